The van der Waals surface area contributed by atoms with Crippen LogP contribution in [-0.4, -0.2) is 31.7 Å². The summed E-state index contributed by atoms with van der Waals surface area (Å²) < 4.78 is 29.4. The van der Waals surface area contributed by atoms with Gasteiger partial charge in [-0.1, -0.05) is 18.2 Å². The maximum atomic E-state index is 12.7. The number of hydrogen-bond donors (Lipinski definition) is 0. The maximum absolute atomic E-state index is 12.7. The predicted octanol–water partition coefficient (Wildman–Crippen LogP) is 3.65. The van der Waals surface area contributed by atoms with Crippen molar-refractivity contribution in [3.63, 3.8) is 0 Å². The van der Waals surface area contributed by atoms with Gasteiger partial charge in [0.15, 0.2) is 0 Å². The van der Waals surface area contributed by atoms with Gasteiger partial charge in [-0.2, -0.15) is 8.42 Å². The molecular formula is C18H24N2O2S. The van der Waals surface area contributed by atoms with E-state index in [-0.39, 0.29) is 0 Å². The van der Waals surface area contributed by atoms with Crippen molar-refractivity contribution >= 4 is 20.8 Å². The van der Waals surface area contributed by atoms with E-state index in [1.165, 1.54) is 6.42 Å². The van der Waals surface area contributed by atoms with Crippen LogP contribution >= 0.6 is 0 Å². The Balaban J connectivity index is 2.08. The Morgan fingerprint density at radius 1 is 1.13 bits per heavy atom. The van der Waals surface area contributed by atoms with Crippen molar-refractivity contribution in [2.45, 2.75) is 53.0 Å². The molecule has 0 aromatic heterocycles. The molecule has 124 valence electrons. The van der Waals surface area contributed by atoms with Gasteiger partial charge >= 0.3 is 0 Å². The number of aryl methyl sites for hydroxylation is 2. The number of rotatable bonds is 1. The first-order chi connectivity index (χ1) is 10.8. The fourth-order valence-electron chi connectivity index (χ4n) is 3.45. The van der Waals surface area contributed by atoms with Crippen molar-refractivity contribution in [2.75, 3.05) is 6.54 Å². The van der Waals surface area contributed by atoms with Crippen LogP contribution in [0.25, 0.3) is 4.91 Å². The molecule has 0 saturated carbocycles. The van der Waals surface area contributed by atoms with Crippen LogP contribution in [0.1, 0.15) is 49.8 Å². The van der Waals surface area contributed by atoms with Crippen LogP contribution < -0.4 is 0 Å². The fourth-order valence-corrected chi connectivity index (χ4v) is 4.92. The first kappa shape index (κ1) is 16.2. The SMILES string of the molecule is CC1=C(c2ccc(C)c(C)c2)S(=O)(=O)N=C1N1CCCCC1C. The lowest BCUT2D eigenvalue weighted by Gasteiger charge is -2.35. The molecule has 2 heterocycles. The number of benzene rings is 1. The largest absolute Gasteiger partial charge is 0.353 e. The lowest BCUT2D eigenvalue weighted by Crippen LogP contribution is -2.42. The molecule has 0 radical (unpaired) electrons. The topological polar surface area (TPSA) is 49.7 Å². The van der Waals surface area contributed by atoms with Gasteiger partial charge in [-0.05, 0) is 63.6 Å². The lowest BCUT2D eigenvalue weighted by molar-refractivity contribution is 0.259. The van der Waals surface area contributed by atoms with E-state index in [4.69, 9.17) is 0 Å². The van der Waals surface area contributed by atoms with Crippen molar-refractivity contribution in [2.24, 2.45) is 4.40 Å². The number of piperidine rings is 1. The number of sulfonamides is 1. The van der Waals surface area contributed by atoms with Gasteiger partial charge in [0.25, 0.3) is 10.0 Å². The Kier molecular flexibility index (Phi) is 4.08. The van der Waals surface area contributed by atoms with Crippen LogP contribution in [0.5, 0.6) is 0 Å². The highest BCUT2D eigenvalue weighted by Crippen LogP contribution is 2.35. The van der Waals surface area contributed by atoms with E-state index in [9.17, 15) is 8.42 Å². The molecule has 1 unspecified atom stereocenters. The first-order valence-corrected chi connectivity index (χ1v) is 9.66. The zero-order chi connectivity index (χ0) is 16.8. The monoisotopic (exact) mass is 332 g/mol. The Morgan fingerprint density at radius 2 is 1.87 bits per heavy atom. The summed E-state index contributed by atoms with van der Waals surface area (Å²) in [5, 5.41) is 0. The van der Waals surface area contributed by atoms with E-state index in [0.717, 1.165) is 41.6 Å². The summed E-state index contributed by atoms with van der Waals surface area (Å²) in [6.45, 7) is 8.95. The quantitative estimate of drug-likeness (QED) is 0.789. The second-order valence-electron chi connectivity index (χ2n) is 6.68. The van der Waals surface area contributed by atoms with Crippen molar-refractivity contribution in [3.8, 4) is 0 Å². The molecule has 0 amide bonds. The highest BCUT2D eigenvalue weighted by molar-refractivity contribution is 8.00. The fraction of sp³-hybridized carbons (Fsp3) is 0.500. The molecule has 0 spiro atoms. The van der Waals surface area contributed by atoms with Crippen molar-refractivity contribution in [1.82, 2.24) is 4.90 Å². The third-order valence-corrected chi connectivity index (χ3v) is 6.46. The standard InChI is InChI=1S/C18H24N2O2S/c1-12-8-9-16(11-13(12)2)17-15(4)18(19-23(17,21)22)20-10-6-5-7-14(20)3/h8-9,11,14H,5-7,10H2,1-4H3. The minimum Gasteiger partial charge on any atom is -0.353 e. The zero-order valence-electron chi connectivity index (χ0n) is 14.3. The number of amidine groups is 1. The van der Waals surface area contributed by atoms with Crippen LogP contribution in [0.4, 0.5) is 0 Å². The summed E-state index contributed by atoms with van der Waals surface area (Å²) >= 11 is 0. The lowest BCUT2D eigenvalue weighted by atomic mass is 10.0. The van der Waals surface area contributed by atoms with Gasteiger partial charge in [-0.15, -0.1) is 4.40 Å². The van der Waals surface area contributed by atoms with E-state index >= 15 is 0 Å². The van der Waals surface area contributed by atoms with Crippen LogP contribution in [0.3, 0.4) is 0 Å². The summed E-state index contributed by atoms with van der Waals surface area (Å²) in [7, 11) is -3.61. The molecule has 5 heteroatoms. The van der Waals surface area contributed by atoms with Crippen molar-refractivity contribution in [3.05, 3.63) is 40.5 Å². The molecule has 3 rings (SSSR count). The molecule has 1 atom stereocenters. The molecule has 0 aliphatic carbocycles. The predicted molar refractivity (Wildman–Crippen MR) is 94.9 cm³/mol. The molecule has 2 aliphatic rings. The highest BCUT2D eigenvalue weighted by atomic mass is 32.2. The molecule has 0 bridgehead atoms. The van der Waals surface area contributed by atoms with E-state index in [2.05, 4.69) is 16.2 Å². The van der Waals surface area contributed by atoms with Crippen LogP contribution in [-0.2, 0) is 10.0 Å². The van der Waals surface area contributed by atoms with Gasteiger partial charge < -0.3 is 4.90 Å². The zero-order valence-corrected chi connectivity index (χ0v) is 15.1. The normalized spacial score (nSPS) is 24.1. The summed E-state index contributed by atoms with van der Waals surface area (Å²) in [4.78, 5) is 2.53. The summed E-state index contributed by atoms with van der Waals surface area (Å²) in [6.07, 6.45) is 3.38. The smallest absolute Gasteiger partial charge is 0.285 e. The molecule has 1 fully saturated rings. The van der Waals surface area contributed by atoms with E-state index in [1.54, 1.807) is 0 Å². The molecule has 1 aromatic rings. The molecule has 1 saturated heterocycles. The van der Waals surface area contributed by atoms with Gasteiger partial charge in [-0.3, -0.25) is 0 Å². The Morgan fingerprint density at radius 3 is 2.52 bits per heavy atom. The van der Waals surface area contributed by atoms with Crippen LogP contribution in [0.2, 0.25) is 0 Å². The second kappa shape index (κ2) is 5.78. The molecule has 1 aromatic carbocycles. The van der Waals surface area contributed by atoms with E-state index < -0.39 is 10.0 Å². The van der Waals surface area contributed by atoms with Gasteiger partial charge in [0.2, 0.25) is 0 Å². The van der Waals surface area contributed by atoms with Gasteiger partial charge in [0.1, 0.15) is 10.7 Å². The van der Waals surface area contributed by atoms with Crippen molar-refractivity contribution in [1.29, 1.82) is 0 Å². The van der Waals surface area contributed by atoms with Gasteiger partial charge in [-0.25, -0.2) is 0 Å². The van der Waals surface area contributed by atoms with Crippen LogP contribution in [0, 0.1) is 13.8 Å². The third kappa shape index (κ3) is 2.82. The Bertz CT molecular complexity index is 806. The highest BCUT2D eigenvalue weighted by Gasteiger charge is 2.35. The molecular weight excluding hydrogens is 308 g/mol. The summed E-state index contributed by atoms with van der Waals surface area (Å²) in [5.74, 6) is 0.644. The number of hydrogen-bond acceptors (Lipinski definition) is 3. The first-order valence-electron chi connectivity index (χ1n) is 8.22. The summed E-state index contributed by atoms with van der Waals surface area (Å²) in [6, 6.07) is 6.15. The van der Waals surface area contributed by atoms with Gasteiger partial charge in [0.05, 0.1) is 0 Å². The number of nitrogens with zero attached hydrogens (tertiary/aromatic N) is 2. The van der Waals surface area contributed by atoms with E-state index in [1.807, 2.05) is 39.0 Å². The minimum absolute atomic E-state index is 0.340. The molecule has 4 nitrogen and oxygen atoms in total. The average Bonchev–Trinajstić information content (AvgIpc) is 2.72. The molecule has 0 N–H and O–H groups in total. The third-order valence-electron chi connectivity index (χ3n) is 4.98. The van der Waals surface area contributed by atoms with Crippen LogP contribution in [0.15, 0.2) is 28.2 Å². The Labute approximate surface area is 139 Å². The van der Waals surface area contributed by atoms with Crippen molar-refractivity contribution < 1.29 is 8.42 Å². The second-order valence-corrected chi connectivity index (χ2v) is 8.22. The van der Waals surface area contributed by atoms with E-state index in [0.29, 0.717) is 16.8 Å². The average molecular weight is 332 g/mol. The minimum atomic E-state index is -3.61. The molecule has 2 aliphatic heterocycles. The van der Waals surface area contributed by atoms with Gasteiger partial charge in [0, 0.05) is 18.2 Å². The number of likely N-dealkylation sites (tertiary alicyclic amines) is 1. The summed E-state index contributed by atoms with van der Waals surface area (Å²) in [5.41, 5.74) is 3.78. The maximum Gasteiger partial charge on any atom is 0.285 e. The Hall–Kier alpha value is -1.62. The molecule has 23 heavy (non-hydrogen) atoms.